The molecule has 6 nitrogen and oxygen atoms in total. The van der Waals surface area contributed by atoms with Crippen LogP contribution in [0.4, 0.5) is 0 Å². The molecule has 7 heteroatoms. The van der Waals surface area contributed by atoms with Gasteiger partial charge < -0.3 is 24.1 Å². The van der Waals surface area contributed by atoms with E-state index in [9.17, 15) is 9.90 Å². The van der Waals surface area contributed by atoms with E-state index < -0.39 is 12.1 Å². The first-order valence-electron chi connectivity index (χ1n) is 10.8. The van der Waals surface area contributed by atoms with Gasteiger partial charge in [0.05, 0.1) is 16.8 Å². The van der Waals surface area contributed by atoms with Gasteiger partial charge in [-0.1, -0.05) is 17.9 Å². The van der Waals surface area contributed by atoms with Gasteiger partial charge in [0.15, 0.2) is 6.10 Å². The zero-order valence-electron chi connectivity index (χ0n) is 19.1. The monoisotopic (exact) mass is 564 g/mol. The topological polar surface area (TPSA) is 74.2 Å². The number of rotatable bonds is 12. The second kappa shape index (κ2) is 14.4. The molecule has 1 atom stereocenters. The third kappa shape index (κ3) is 9.36. The Labute approximate surface area is 209 Å². The molecule has 0 aromatic heterocycles. The number of carbonyl (C=O) groups is 1. The highest BCUT2D eigenvalue weighted by Gasteiger charge is 2.18. The lowest BCUT2D eigenvalue weighted by atomic mass is 10.1. The Morgan fingerprint density at radius 1 is 1.03 bits per heavy atom. The Morgan fingerprint density at radius 2 is 1.73 bits per heavy atom. The summed E-state index contributed by atoms with van der Waals surface area (Å²) in [6.07, 6.45) is 3.04. The average molecular weight is 564 g/mol. The first-order chi connectivity index (χ1) is 16.0. The lowest BCUT2D eigenvalue weighted by Gasteiger charge is -2.13. The molecule has 0 aliphatic carbocycles. The molecule has 0 unspecified atom stereocenters. The molecule has 0 aliphatic heterocycles. The number of carboxylic acid groups (broad SMARTS) is 1. The largest absolute Gasteiger partial charge is 0.494 e. The van der Waals surface area contributed by atoms with E-state index in [1.807, 2.05) is 56.3 Å². The molecule has 0 amide bonds. The zero-order valence-corrected chi connectivity index (χ0v) is 21.3. The highest BCUT2D eigenvalue weighted by Crippen LogP contribution is 2.24. The summed E-state index contributed by atoms with van der Waals surface area (Å²) in [6.45, 7) is 7.52. The normalized spacial score (nSPS) is 11.5. The minimum atomic E-state index is -0.961. The molecular weight excluding hydrogens is 535 g/mol. The third-order valence-electron chi connectivity index (χ3n) is 4.32. The van der Waals surface area contributed by atoms with Gasteiger partial charge in [0, 0.05) is 24.7 Å². The summed E-state index contributed by atoms with van der Waals surface area (Å²) in [5.74, 6) is 7.31. The second-order valence-corrected chi connectivity index (χ2v) is 7.96. The first-order valence-corrected chi connectivity index (χ1v) is 11.9. The molecule has 0 saturated heterocycles. The summed E-state index contributed by atoms with van der Waals surface area (Å²) in [5, 5.41) is 9.24. The molecule has 2 aromatic carbocycles. The third-order valence-corrected chi connectivity index (χ3v) is 5.16. The van der Waals surface area contributed by atoms with Crippen molar-refractivity contribution in [1.82, 2.24) is 0 Å². The molecule has 176 valence electrons. The van der Waals surface area contributed by atoms with Crippen molar-refractivity contribution in [1.29, 1.82) is 0 Å². The quantitative estimate of drug-likeness (QED) is 0.286. The van der Waals surface area contributed by atoms with E-state index >= 15 is 0 Å². The highest BCUT2D eigenvalue weighted by atomic mass is 127. The van der Waals surface area contributed by atoms with E-state index in [2.05, 4.69) is 34.4 Å². The van der Waals surface area contributed by atoms with Gasteiger partial charge in [-0.15, -0.1) is 0 Å². The van der Waals surface area contributed by atoms with Gasteiger partial charge in [-0.25, -0.2) is 4.79 Å². The molecule has 0 fully saturated rings. The molecule has 2 rings (SSSR count). The van der Waals surface area contributed by atoms with Gasteiger partial charge in [-0.2, -0.15) is 0 Å². The van der Waals surface area contributed by atoms with Crippen molar-refractivity contribution < 1.29 is 28.8 Å². The fourth-order valence-electron chi connectivity index (χ4n) is 2.93. The Bertz CT molecular complexity index is 981. The predicted molar refractivity (Wildman–Crippen MR) is 136 cm³/mol. The molecule has 2 aromatic rings. The Hall–Kier alpha value is -2.70. The van der Waals surface area contributed by atoms with E-state index in [0.717, 1.165) is 31.9 Å². The zero-order chi connectivity index (χ0) is 24.1. The summed E-state index contributed by atoms with van der Waals surface area (Å²) < 4.78 is 23.1. The van der Waals surface area contributed by atoms with Crippen molar-refractivity contribution in [3.8, 4) is 29.1 Å². The molecule has 0 spiro atoms. The van der Waals surface area contributed by atoms with E-state index in [0.29, 0.717) is 32.8 Å². The van der Waals surface area contributed by atoms with Crippen molar-refractivity contribution in [2.24, 2.45) is 0 Å². The molecule has 0 radical (unpaired) electrons. The van der Waals surface area contributed by atoms with E-state index in [-0.39, 0.29) is 0 Å². The number of hydrogen-bond donors (Lipinski definition) is 1. The molecule has 0 aliphatic rings. The molecule has 0 saturated carbocycles. The molecule has 1 N–H and O–H groups in total. The minimum absolute atomic E-state index is 0.310. The highest BCUT2D eigenvalue weighted by molar-refractivity contribution is 14.1. The van der Waals surface area contributed by atoms with Crippen LogP contribution in [0.25, 0.3) is 0 Å². The van der Waals surface area contributed by atoms with E-state index in [4.69, 9.17) is 18.9 Å². The molecule has 0 bridgehead atoms. The summed E-state index contributed by atoms with van der Waals surface area (Å²) in [5.41, 5.74) is 1.70. The summed E-state index contributed by atoms with van der Waals surface area (Å²) in [7, 11) is 0. The summed E-state index contributed by atoms with van der Waals surface area (Å²) in [6, 6.07) is 11.2. The number of carboxylic acids is 1. The van der Waals surface area contributed by atoms with Crippen LogP contribution >= 0.6 is 22.6 Å². The number of allylic oxidation sites excluding steroid dienone is 1. The fraction of sp³-hybridized carbons (Fsp3) is 0.346. The van der Waals surface area contributed by atoms with Crippen LogP contribution in [0.15, 0.2) is 48.6 Å². The predicted octanol–water partition coefficient (Wildman–Crippen LogP) is 5.11. The van der Waals surface area contributed by atoms with Crippen LogP contribution < -0.4 is 14.2 Å². The van der Waals surface area contributed by atoms with Crippen LogP contribution in [0.5, 0.6) is 17.2 Å². The van der Waals surface area contributed by atoms with Crippen molar-refractivity contribution >= 4 is 28.6 Å². The van der Waals surface area contributed by atoms with Crippen LogP contribution in [-0.4, -0.2) is 43.6 Å². The van der Waals surface area contributed by atoms with Crippen molar-refractivity contribution in [3.05, 3.63) is 63.2 Å². The van der Waals surface area contributed by atoms with Crippen LogP contribution in [0.2, 0.25) is 0 Å². The van der Waals surface area contributed by atoms with Crippen LogP contribution in [0, 0.1) is 15.4 Å². The lowest BCUT2D eigenvalue weighted by molar-refractivity contribution is -0.149. The van der Waals surface area contributed by atoms with E-state index in [1.54, 1.807) is 13.0 Å². The number of ether oxygens (including phenoxy) is 4. The van der Waals surface area contributed by atoms with Crippen LogP contribution in [-0.2, 0) is 16.0 Å². The fourth-order valence-corrected chi connectivity index (χ4v) is 3.67. The molecule has 33 heavy (non-hydrogen) atoms. The summed E-state index contributed by atoms with van der Waals surface area (Å²) >= 11 is 2.18. The average Bonchev–Trinajstić information content (AvgIpc) is 2.77. The van der Waals surface area contributed by atoms with E-state index in [1.165, 1.54) is 0 Å². The maximum atomic E-state index is 11.3. The van der Waals surface area contributed by atoms with Gasteiger partial charge in [0.2, 0.25) is 0 Å². The molecule has 0 heterocycles. The van der Waals surface area contributed by atoms with Gasteiger partial charge >= 0.3 is 5.97 Å². The number of benzene rings is 2. The van der Waals surface area contributed by atoms with Gasteiger partial charge in [0.1, 0.15) is 23.9 Å². The standard InChI is InChI=1S/C26H29IO6/c1-4-30-21-14-19(15-22(18-21)31-5-2)10-8-7-9-13-33-24-12-11-20(16-23(24)27)17-25(26(28)29)32-6-3/h7,9,11-12,14-16,18,25H,4-6,13,17H2,1-3H3,(H,28,29)/b9-7+/t25-/m0/s1. The maximum Gasteiger partial charge on any atom is 0.333 e. The first kappa shape index (κ1) is 26.6. The number of aliphatic carboxylic acids is 1. The van der Waals surface area contributed by atoms with Crippen molar-refractivity contribution in [2.75, 3.05) is 26.4 Å². The van der Waals surface area contributed by atoms with Crippen LogP contribution in [0.1, 0.15) is 31.9 Å². The van der Waals surface area contributed by atoms with Gasteiger partial charge in [-0.05, 0) is 85.3 Å². The van der Waals surface area contributed by atoms with Crippen molar-refractivity contribution in [2.45, 2.75) is 33.3 Å². The maximum absolute atomic E-state index is 11.3. The number of hydrogen-bond acceptors (Lipinski definition) is 5. The van der Waals surface area contributed by atoms with Crippen molar-refractivity contribution in [3.63, 3.8) is 0 Å². The van der Waals surface area contributed by atoms with Crippen LogP contribution in [0.3, 0.4) is 0 Å². The lowest BCUT2D eigenvalue weighted by Crippen LogP contribution is -2.26. The second-order valence-electron chi connectivity index (χ2n) is 6.79. The summed E-state index contributed by atoms with van der Waals surface area (Å²) in [4.78, 5) is 11.3. The Balaban J connectivity index is 1.94. The van der Waals surface area contributed by atoms with Gasteiger partial charge in [-0.3, -0.25) is 0 Å². The van der Waals surface area contributed by atoms with Gasteiger partial charge in [0.25, 0.3) is 0 Å². The SMILES string of the molecule is CCOc1cc(C#C/C=C/COc2ccc(C[C@H](OCC)C(=O)O)cc2I)cc(OCC)c1. The number of halogens is 1. The minimum Gasteiger partial charge on any atom is -0.494 e. The molecular formula is C26H29IO6. The smallest absolute Gasteiger partial charge is 0.333 e. The Kier molecular flexibility index (Phi) is 11.6. The Morgan fingerprint density at radius 3 is 2.30 bits per heavy atom.